The topological polar surface area (TPSA) is 77.9 Å². The minimum absolute atomic E-state index is 0.0285. The van der Waals surface area contributed by atoms with E-state index < -0.39 is 12.0 Å². The summed E-state index contributed by atoms with van der Waals surface area (Å²) in [5, 5.41) is 9.52. The van der Waals surface area contributed by atoms with Crippen LogP contribution in [0.25, 0.3) is 0 Å². The first-order valence-corrected chi connectivity index (χ1v) is 9.80. The molecule has 0 saturated carbocycles. The van der Waals surface area contributed by atoms with Crippen molar-refractivity contribution in [2.75, 3.05) is 19.6 Å². The predicted molar refractivity (Wildman–Crippen MR) is 101 cm³/mol. The molecular formula is C21H28N2O4. The van der Waals surface area contributed by atoms with Gasteiger partial charge in [-0.25, -0.2) is 4.79 Å². The minimum Gasteiger partial charge on any atom is -0.480 e. The first kappa shape index (κ1) is 19.4. The van der Waals surface area contributed by atoms with Crippen LogP contribution in [0.2, 0.25) is 0 Å². The number of aliphatic carboxylic acids is 1. The molecule has 6 heteroatoms. The van der Waals surface area contributed by atoms with Crippen LogP contribution in [-0.2, 0) is 20.8 Å². The SMILES string of the molecule is CC1CCN(C(=O)C2CCCN(C(=O)Cc3ccccc3)C2)C(C(=O)O)C1. The number of carbonyl (C=O) groups excluding carboxylic acids is 2. The summed E-state index contributed by atoms with van der Waals surface area (Å²) >= 11 is 0. The highest BCUT2D eigenvalue weighted by atomic mass is 16.4. The van der Waals surface area contributed by atoms with E-state index in [1.165, 1.54) is 4.90 Å². The van der Waals surface area contributed by atoms with Gasteiger partial charge in [-0.3, -0.25) is 9.59 Å². The van der Waals surface area contributed by atoms with Gasteiger partial charge in [-0.1, -0.05) is 37.3 Å². The fourth-order valence-electron chi connectivity index (χ4n) is 4.16. The van der Waals surface area contributed by atoms with E-state index in [1.54, 1.807) is 4.90 Å². The van der Waals surface area contributed by atoms with E-state index in [-0.39, 0.29) is 17.7 Å². The number of amides is 2. The molecule has 2 aliphatic rings. The van der Waals surface area contributed by atoms with Gasteiger partial charge < -0.3 is 14.9 Å². The molecule has 27 heavy (non-hydrogen) atoms. The van der Waals surface area contributed by atoms with Gasteiger partial charge in [0.05, 0.1) is 12.3 Å². The molecule has 146 valence electrons. The molecule has 1 aromatic carbocycles. The Morgan fingerprint density at radius 2 is 1.85 bits per heavy atom. The Kier molecular flexibility index (Phi) is 6.14. The molecule has 0 spiro atoms. The lowest BCUT2D eigenvalue weighted by atomic mass is 9.89. The average molecular weight is 372 g/mol. The van der Waals surface area contributed by atoms with Crippen molar-refractivity contribution in [3.63, 3.8) is 0 Å². The van der Waals surface area contributed by atoms with Gasteiger partial charge in [-0.2, -0.15) is 0 Å². The second-order valence-corrected chi connectivity index (χ2v) is 7.86. The van der Waals surface area contributed by atoms with Crippen molar-refractivity contribution in [2.24, 2.45) is 11.8 Å². The van der Waals surface area contributed by atoms with Gasteiger partial charge >= 0.3 is 5.97 Å². The van der Waals surface area contributed by atoms with Crippen molar-refractivity contribution in [3.8, 4) is 0 Å². The molecule has 2 saturated heterocycles. The number of benzene rings is 1. The summed E-state index contributed by atoms with van der Waals surface area (Å²) in [4.78, 5) is 40.6. The lowest BCUT2D eigenvalue weighted by molar-refractivity contribution is -0.156. The third-order valence-corrected chi connectivity index (χ3v) is 5.75. The van der Waals surface area contributed by atoms with E-state index >= 15 is 0 Å². The number of carboxylic acid groups (broad SMARTS) is 1. The molecule has 0 aromatic heterocycles. The van der Waals surface area contributed by atoms with Gasteiger partial charge in [-0.15, -0.1) is 0 Å². The Labute approximate surface area is 160 Å². The fraction of sp³-hybridized carbons (Fsp3) is 0.571. The van der Waals surface area contributed by atoms with Crippen LogP contribution in [-0.4, -0.2) is 58.4 Å². The zero-order valence-corrected chi connectivity index (χ0v) is 15.8. The van der Waals surface area contributed by atoms with E-state index in [0.29, 0.717) is 44.8 Å². The Morgan fingerprint density at radius 1 is 1.11 bits per heavy atom. The Morgan fingerprint density at radius 3 is 2.56 bits per heavy atom. The van der Waals surface area contributed by atoms with Gasteiger partial charge in [0.25, 0.3) is 0 Å². The zero-order chi connectivity index (χ0) is 19.4. The molecule has 6 nitrogen and oxygen atoms in total. The molecule has 0 radical (unpaired) electrons. The van der Waals surface area contributed by atoms with Crippen molar-refractivity contribution in [1.29, 1.82) is 0 Å². The molecule has 2 heterocycles. The van der Waals surface area contributed by atoms with Gasteiger partial charge in [0.2, 0.25) is 11.8 Å². The molecule has 2 fully saturated rings. The van der Waals surface area contributed by atoms with Crippen LogP contribution < -0.4 is 0 Å². The normalized spacial score (nSPS) is 25.9. The van der Waals surface area contributed by atoms with Crippen molar-refractivity contribution >= 4 is 17.8 Å². The van der Waals surface area contributed by atoms with Crippen LogP contribution in [0.1, 0.15) is 38.2 Å². The number of hydrogen-bond acceptors (Lipinski definition) is 3. The molecular weight excluding hydrogens is 344 g/mol. The molecule has 2 aliphatic heterocycles. The summed E-state index contributed by atoms with van der Waals surface area (Å²) in [5.41, 5.74) is 0.965. The van der Waals surface area contributed by atoms with Crippen molar-refractivity contribution < 1.29 is 19.5 Å². The molecule has 0 aliphatic carbocycles. The van der Waals surface area contributed by atoms with E-state index in [0.717, 1.165) is 18.4 Å². The number of likely N-dealkylation sites (tertiary alicyclic amines) is 2. The van der Waals surface area contributed by atoms with Crippen molar-refractivity contribution in [1.82, 2.24) is 9.80 Å². The third kappa shape index (κ3) is 4.67. The molecule has 3 atom stereocenters. The largest absolute Gasteiger partial charge is 0.480 e. The zero-order valence-electron chi connectivity index (χ0n) is 15.8. The van der Waals surface area contributed by atoms with Gasteiger partial charge in [0.15, 0.2) is 0 Å². The molecule has 2 amide bonds. The number of nitrogens with zero attached hydrogens (tertiary/aromatic N) is 2. The lowest BCUT2D eigenvalue weighted by Crippen LogP contribution is -2.54. The Hall–Kier alpha value is -2.37. The summed E-state index contributed by atoms with van der Waals surface area (Å²) in [7, 11) is 0. The standard InChI is InChI=1S/C21H28N2O4/c1-15-9-11-23(18(12-15)21(26)27)20(25)17-8-5-10-22(14-17)19(24)13-16-6-3-2-4-7-16/h2-4,6-7,15,17-18H,5,8-14H2,1H3,(H,26,27). The second-order valence-electron chi connectivity index (χ2n) is 7.86. The maximum atomic E-state index is 13.0. The summed E-state index contributed by atoms with van der Waals surface area (Å²) in [5.74, 6) is -0.992. The van der Waals surface area contributed by atoms with Crippen LogP contribution >= 0.6 is 0 Å². The van der Waals surface area contributed by atoms with E-state index in [4.69, 9.17) is 0 Å². The second kappa shape index (κ2) is 8.55. The highest BCUT2D eigenvalue weighted by Gasteiger charge is 2.39. The Bertz CT molecular complexity index is 691. The predicted octanol–water partition coefficient (Wildman–Crippen LogP) is 2.18. The Balaban J connectivity index is 1.63. The van der Waals surface area contributed by atoms with E-state index in [9.17, 15) is 19.5 Å². The highest BCUT2D eigenvalue weighted by Crippen LogP contribution is 2.27. The lowest BCUT2D eigenvalue weighted by Gasteiger charge is -2.40. The van der Waals surface area contributed by atoms with Gasteiger partial charge in [0.1, 0.15) is 6.04 Å². The van der Waals surface area contributed by atoms with Crippen LogP contribution in [0, 0.1) is 11.8 Å². The third-order valence-electron chi connectivity index (χ3n) is 5.75. The summed E-state index contributed by atoms with van der Waals surface area (Å²) in [6, 6.07) is 8.86. The summed E-state index contributed by atoms with van der Waals surface area (Å²) in [6.45, 7) is 3.57. The van der Waals surface area contributed by atoms with Crippen molar-refractivity contribution in [3.05, 3.63) is 35.9 Å². The van der Waals surface area contributed by atoms with Gasteiger partial charge in [0, 0.05) is 19.6 Å². The van der Waals surface area contributed by atoms with E-state index in [1.807, 2.05) is 37.3 Å². The van der Waals surface area contributed by atoms with Crippen LogP contribution in [0.5, 0.6) is 0 Å². The number of hydrogen-bond donors (Lipinski definition) is 1. The van der Waals surface area contributed by atoms with E-state index in [2.05, 4.69) is 0 Å². The number of carbonyl (C=O) groups is 3. The van der Waals surface area contributed by atoms with Gasteiger partial charge in [-0.05, 0) is 37.2 Å². The van der Waals surface area contributed by atoms with Crippen LogP contribution in [0.3, 0.4) is 0 Å². The first-order chi connectivity index (χ1) is 13.0. The molecule has 0 bridgehead atoms. The molecule has 1 N–H and O–H groups in total. The average Bonchev–Trinajstić information content (AvgIpc) is 2.68. The first-order valence-electron chi connectivity index (χ1n) is 9.80. The monoisotopic (exact) mass is 372 g/mol. The molecule has 1 aromatic rings. The quantitative estimate of drug-likeness (QED) is 0.879. The molecule has 3 unspecified atom stereocenters. The number of piperidine rings is 2. The highest BCUT2D eigenvalue weighted by molar-refractivity contribution is 5.86. The maximum absolute atomic E-state index is 13.0. The summed E-state index contributed by atoms with van der Waals surface area (Å²) < 4.78 is 0. The van der Waals surface area contributed by atoms with Crippen LogP contribution in [0.15, 0.2) is 30.3 Å². The molecule has 3 rings (SSSR count). The minimum atomic E-state index is -0.928. The maximum Gasteiger partial charge on any atom is 0.326 e. The fourth-order valence-corrected chi connectivity index (χ4v) is 4.16. The van der Waals surface area contributed by atoms with Crippen molar-refractivity contribution in [2.45, 2.75) is 45.1 Å². The summed E-state index contributed by atoms with van der Waals surface area (Å²) in [6.07, 6.45) is 3.16. The number of carboxylic acids is 1. The van der Waals surface area contributed by atoms with Crippen LogP contribution in [0.4, 0.5) is 0 Å². The number of rotatable bonds is 4. The smallest absolute Gasteiger partial charge is 0.326 e.